The third kappa shape index (κ3) is 2.93. The molecule has 132 valence electrons. The molecule has 1 aromatic carbocycles. The topological polar surface area (TPSA) is 69.7 Å². The second kappa shape index (κ2) is 6.46. The number of aromatic amines is 1. The highest BCUT2D eigenvalue weighted by Crippen LogP contribution is 2.30. The number of aromatic nitrogens is 4. The third-order valence-corrected chi connectivity index (χ3v) is 4.62. The van der Waals surface area contributed by atoms with E-state index in [9.17, 15) is 0 Å². The molecule has 0 bridgehead atoms. The number of nitrogens with zero attached hydrogens (tertiary/aromatic N) is 4. The lowest BCUT2D eigenvalue weighted by Crippen LogP contribution is -2.10. The maximum absolute atomic E-state index is 5.95. The van der Waals surface area contributed by atoms with Crippen molar-refractivity contribution in [2.75, 3.05) is 24.3 Å². The van der Waals surface area contributed by atoms with E-state index in [1.165, 1.54) is 22.2 Å². The van der Waals surface area contributed by atoms with E-state index in [-0.39, 0.29) is 0 Å². The standard InChI is InChI=1S/C19H19ClN6/c1-11-8-23-18-14(26(2)3)6-4-12(17(11)18)9-22-16-10-21-13-5-7-15(20)24-19(13)25-16/h4-8,10,23H,9H2,1-3H3,(H,22,24,25). The van der Waals surface area contributed by atoms with Gasteiger partial charge in [-0.15, -0.1) is 0 Å². The quantitative estimate of drug-likeness (QED) is 0.531. The number of hydrogen-bond donors (Lipinski definition) is 2. The van der Waals surface area contributed by atoms with Gasteiger partial charge < -0.3 is 15.2 Å². The molecule has 0 fully saturated rings. The number of benzene rings is 1. The van der Waals surface area contributed by atoms with Crippen molar-refractivity contribution in [1.82, 2.24) is 19.9 Å². The van der Waals surface area contributed by atoms with Crippen LogP contribution >= 0.6 is 11.6 Å². The predicted molar refractivity (Wildman–Crippen MR) is 107 cm³/mol. The predicted octanol–water partition coefficient (Wildman–Crippen LogP) is 4.15. The van der Waals surface area contributed by atoms with E-state index in [2.05, 4.69) is 49.2 Å². The molecule has 0 saturated heterocycles. The molecular formula is C19H19ClN6. The number of aryl methyl sites for hydroxylation is 1. The summed E-state index contributed by atoms with van der Waals surface area (Å²) in [6.45, 7) is 2.76. The van der Waals surface area contributed by atoms with Crippen molar-refractivity contribution in [3.8, 4) is 0 Å². The van der Waals surface area contributed by atoms with Crippen molar-refractivity contribution in [2.45, 2.75) is 13.5 Å². The van der Waals surface area contributed by atoms with Gasteiger partial charge in [0.25, 0.3) is 0 Å². The van der Waals surface area contributed by atoms with Crippen LogP contribution in [-0.2, 0) is 6.54 Å². The minimum absolute atomic E-state index is 0.410. The number of anilines is 2. The summed E-state index contributed by atoms with van der Waals surface area (Å²) in [5.41, 5.74) is 5.99. The fraction of sp³-hybridized carbons (Fsp3) is 0.211. The molecule has 0 atom stereocenters. The molecule has 0 amide bonds. The highest BCUT2D eigenvalue weighted by atomic mass is 35.5. The largest absolute Gasteiger partial charge is 0.376 e. The van der Waals surface area contributed by atoms with Gasteiger partial charge in [0.1, 0.15) is 16.5 Å². The van der Waals surface area contributed by atoms with Gasteiger partial charge in [-0.3, -0.25) is 0 Å². The van der Waals surface area contributed by atoms with Crippen molar-refractivity contribution in [1.29, 1.82) is 0 Å². The molecular weight excluding hydrogens is 348 g/mol. The zero-order valence-corrected chi connectivity index (χ0v) is 15.6. The Morgan fingerprint density at radius 2 is 2.00 bits per heavy atom. The Kier molecular flexibility index (Phi) is 4.12. The third-order valence-electron chi connectivity index (χ3n) is 4.41. The average molecular weight is 367 g/mol. The van der Waals surface area contributed by atoms with Crippen LogP contribution < -0.4 is 10.2 Å². The van der Waals surface area contributed by atoms with Gasteiger partial charge in [0.05, 0.1) is 17.4 Å². The van der Waals surface area contributed by atoms with E-state index < -0.39 is 0 Å². The molecule has 0 spiro atoms. The molecule has 0 radical (unpaired) electrons. The SMILES string of the molecule is Cc1c[nH]c2c(N(C)C)ccc(CNc3cnc4ccc(Cl)nc4n3)c12. The fourth-order valence-electron chi connectivity index (χ4n) is 3.15. The smallest absolute Gasteiger partial charge is 0.181 e. The number of H-pyrrole nitrogens is 1. The van der Waals surface area contributed by atoms with Gasteiger partial charge >= 0.3 is 0 Å². The molecule has 2 N–H and O–H groups in total. The number of halogens is 1. The second-order valence-electron chi connectivity index (χ2n) is 6.45. The van der Waals surface area contributed by atoms with Crippen LogP contribution in [0.1, 0.15) is 11.1 Å². The van der Waals surface area contributed by atoms with Crippen LogP contribution in [0.3, 0.4) is 0 Å². The average Bonchev–Trinajstić information content (AvgIpc) is 3.01. The summed E-state index contributed by atoms with van der Waals surface area (Å²) < 4.78 is 0. The van der Waals surface area contributed by atoms with Gasteiger partial charge in [0.15, 0.2) is 5.65 Å². The first-order valence-electron chi connectivity index (χ1n) is 8.33. The fourth-order valence-corrected chi connectivity index (χ4v) is 3.29. The summed E-state index contributed by atoms with van der Waals surface area (Å²) in [7, 11) is 4.09. The molecule has 0 aliphatic heterocycles. The van der Waals surface area contributed by atoms with E-state index in [0.29, 0.717) is 23.2 Å². The van der Waals surface area contributed by atoms with E-state index in [1.54, 1.807) is 12.3 Å². The van der Waals surface area contributed by atoms with Gasteiger partial charge in [-0.2, -0.15) is 0 Å². The molecule has 0 aliphatic carbocycles. The highest BCUT2D eigenvalue weighted by molar-refractivity contribution is 6.29. The Morgan fingerprint density at radius 3 is 2.81 bits per heavy atom. The number of nitrogens with one attached hydrogen (secondary N) is 2. The van der Waals surface area contributed by atoms with Crippen LogP contribution in [-0.4, -0.2) is 34.0 Å². The van der Waals surface area contributed by atoms with Crippen molar-refractivity contribution >= 4 is 45.2 Å². The molecule has 0 saturated carbocycles. The van der Waals surface area contributed by atoms with Crippen LogP contribution in [0.2, 0.25) is 5.15 Å². The van der Waals surface area contributed by atoms with E-state index >= 15 is 0 Å². The van der Waals surface area contributed by atoms with E-state index in [0.717, 1.165) is 11.0 Å². The molecule has 4 aromatic rings. The highest BCUT2D eigenvalue weighted by Gasteiger charge is 2.12. The molecule has 7 heteroatoms. The van der Waals surface area contributed by atoms with Crippen LogP contribution in [0.25, 0.3) is 22.1 Å². The van der Waals surface area contributed by atoms with Crippen molar-refractivity contribution in [2.24, 2.45) is 0 Å². The van der Waals surface area contributed by atoms with Crippen molar-refractivity contribution in [3.63, 3.8) is 0 Å². The Bertz CT molecular complexity index is 1100. The number of fused-ring (bicyclic) bond motifs is 2. The maximum Gasteiger partial charge on any atom is 0.181 e. The lowest BCUT2D eigenvalue weighted by molar-refractivity contribution is 1.10. The lowest BCUT2D eigenvalue weighted by Gasteiger charge is -2.16. The normalized spacial score (nSPS) is 11.2. The second-order valence-corrected chi connectivity index (χ2v) is 6.83. The Labute approximate surface area is 156 Å². The molecule has 0 aliphatic rings. The minimum atomic E-state index is 0.410. The molecule has 3 aromatic heterocycles. The first kappa shape index (κ1) is 16.6. The molecule has 26 heavy (non-hydrogen) atoms. The van der Waals surface area contributed by atoms with Crippen LogP contribution in [0.5, 0.6) is 0 Å². The van der Waals surface area contributed by atoms with Crippen LogP contribution in [0, 0.1) is 6.92 Å². The minimum Gasteiger partial charge on any atom is -0.376 e. The summed E-state index contributed by atoms with van der Waals surface area (Å²) in [4.78, 5) is 18.6. The molecule has 0 unspecified atom stereocenters. The summed E-state index contributed by atoms with van der Waals surface area (Å²) in [6.07, 6.45) is 3.76. The molecule has 4 rings (SSSR count). The first-order valence-corrected chi connectivity index (χ1v) is 8.71. The Balaban J connectivity index is 1.66. The van der Waals surface area contributed by atoms with Crippen molar-refractivity contribution < 1.29 is 0 Å². The molecule has 6 nitrogen and oxygen atoms in total. The summed E-state index contributed by atoms with van der Waals surface area (Å²) in [5.74, 6) is 0.672. The summed E-state index contributed by atoms with van der Waals surface area (Å²) in [6, 6.07) is 7.80. The Hall–Kier alpha value is -2.86. The number of rotatable bonds is 4. The zero-order valence-electron chi connectivity index (χ0n) is 14.8. The number of pyridine rings is 1. The molecule has 3 heterocycles. The Morgan fingerprint density at radius 1 is 1.15 bits per heavy atom. The van der Waals surface area contributed by atoms with E-state index in [1.807, 2.05) is 26.4 Å². The monoisotopic (exact) mass is 366 g/mol. The van der Waals surface area contributed by atoms with E-state index in [4.69, 9.17) is 11.6 Å². The summed E-state index contributed by atoms with van der Waals surface area (Å²) in [5, 5.41) is 4.99. The van der Waals surface area contributed by atoms with Gasteiger partial charge in [0, 0.05) is 32.2 Å². The van der Waals surface area contributed by atoms with Gasteiger partial charge in [-0.05, 0) is 36.2 Å². The van der Waals surface area contributed by atoms with Gasteiger partial charge in [-0.25, -0.2) is 15.0 Å². The summed E-state index contributed by atoms with van der Waals surface area (Å²) >= 11 is 5.95. The van der Waals surface area contributed by atoms with Crippen LogP contribution in [0.4, 0.5) is 11.5 Å². The zero-order chi connectivity index (χ0) is 18.3. The van der Waals surface area contributed by atoms with Crippen molar-refractivity contribution in [3.05, 3.63) is 52.9 Å². The van der Waals surface area contributed by atoms with Gasteiger partial charge in [-0.1, -0.05) is 17.7 Å². The van der Waals surface area contributed by atoms with Crippen LogP contribution in [0.15, 0.2) is 36.7 Å². The first-order chi connectivity index (χ1) is 12.5. The maximum atomic E-state index is 5.95. The lowest BCUT2D eigenvalue weighted by atomic mass is 10.1. The van der Waals surface area contributed by atoms with Gasteiger partial charge in [0.2, 0.25) is 0 Å². The number of hydrogen-bond acceptors (Lipinski definition) is 5.